The summed E-state index contributed by atoms with van der Waals surface area (Å²) in [5, 5.41) is 0. The van der Waals surface area contributed by atoms with Crippen molar-refractivity contribution in [2.75, 3.05) is 42.7 Å². The molecule has 0 spiro atoms. The Hall–Kier alpha value is 0.628. The molecule has 0 saturated carbocycles. The van der Waals surface area contributed by atoms with Crippen molar-refractivity contribution < 1.29 is 27.8 Å². The highest BCUT2D eigenvalue weighted by Gasteiger charge is 2.22. The van der Waals surface area contributed by atoms with Crippen molar-refractivity contribution in [2.24, 2.45) is 0 Å². The van der Waals surface area contributed by atoms with Gasteiger partial charge in [-0.05, 0) is 38.3 Å². The smallest absolute Gasteiger partial charge is 0.186 e. The van der Waals surface area contributed by atoms with Crippen LogP contribution in [-0.2, 0) is 27.8 Å². The van der Waals surface area contributed by atoms with E-state index in [1.807, 2.05) is 14.2 Å². The topological polar surface area (TPSA) is 55.4 Å². The van der Waals surface area contributed by atoms with E-state index in [0.29, 0.717) is 0 Å². The van der Waals surface area contributed by atoms with Crippen LogP contribution in [0.25, 0.3) is 0 Å². The van der Waals surface area contributed by atoms with E-state index in [0.717, 1.165) is 0 Å². The minimum atomic E-state index is -1.31. The number of unbranched alkanes of at least 4 members (excludes halogenated alkanes) is 2. The van der Waals surface area contributed by atoms with E-state index in [4.69, 9.17) is 27.8 Å². The molecule has 0 amide bonds. The zero-order valence-corrected chi connectivity index (χ0v) is 26.5. The highest BCUT2D eigenvalue weighted by molar-refractivity contribution is 6.71. The summed E-state index contributed by atoms with van der Waals surface area (Å²) in [6, 6.07) is 5.14. The van der Waals surface area contributed by atoms with Crippen molar-refractivity contribution in [2.45, 2.75) is 87.9 Å². The fourth-order valence-corrected chi connectivity index (χ4v) is 8.45. The lowest BCUT2D eigenvalue weighted by Crippen LogP contribution is -2.30. The van der Waals surface area contributed by atoms with Gasteiger partial charge in [0.05, 0.1) is 19.0 Å². The number of ether oxygens (including phenoxy) is 4. The molecule has 0 radical (unpaired) electrons. The number of methoxy groups -OCH3 is 4. The van der Waals surface area contributed by atoms with Crippen LogP contribution in [0, 0.1) is 0 Å². The minimum Gasteiger partial charge on any atom is -0.420 e. The molecule has 0 fully saturated rings. The Kier molecular flexibility index (Phi) is 22.1. The first-order valence-electron chi connectivity index (χ1n) is 11.3. The SMILES string of the molecule is COC(OC)[SiH2]CCCC[SiH2]C(OC)OC.CO[Si](C)(C)CCCC[Si](C)(C)OC. The Labute approximate surface area is 194 Å². The molecule has 0 aromatic carbocycles. The Morgan fingerprint density at radius 2 is 0.833 bits per heavy atom. The van der Waals surface area contributed by atoms with Gasteiger partial charge in [0, 0.05) is 42.7 Å². The van der Waals surface area contributed by atoms with Crippen LogP contribution in [0.1, 0.15) is 25.7 Å². The lowest BCUT2D eigenvalue weighted by Gasteiger charge is -2.22. The standard InChI is InChI=1S/C10H26O4Si2.C10H26O2Si2/c1-11-9(12-2)15-7-5-6-8-16-10(13-3)14-4;1-11-13(3,4)9-7-8-10-14(5,6)12-2/h9-10H,5-8,15-16H2,1-4H3;7-10H2,1-6H3. The van der Waals surface area contributed by atoms with Crippen LogP contribution in [-0.4, -0.2) is 90.2 Å². The average Bonchev–Trinajstić information content (AvgIpc) is 2.74. The molecule has 0 aliphatic rings. The van der Waals surface area contributed by atoms with Crippen LogP contribution in [0.5, 0.6) is 0 Å². The Bertz CT molecular complexity index is 333. The average molecular weight is 501 g/mol. The molecule has 0 unspecified atom stereocenters. The molecule has 10 heteroatoms. The van der Waals surface area contributed by atoms with Gasteiger partial charge in [0.2, 0.25) is 0 Å². The van der Waals surface area contributed by atoms with Crippen LogP contribution in [0.3, 0.4) is 0 Å². The van der Waals surface area contributed by atoms with E-state index in [1.54, 1.807) is 28.4 Å². The molecule has 0 aliphatic carbocycles. The summed E-state index contributed by atoms with van der Waals surface area (Å²) < 4.78 is 31.8. The quantitative estimate of drug-likeness (QED) is 0.163. The summed E-state index contributed by atoms with van der Waals surface area (Å²) in [4.78, 5) is 0. The van der Waals surface area contributed by atoms with Gasteiger partial charge >= 0.3 is 0 Å². The molecule has 0 N–H and O–H groups in total. The summed E-state index contributed by atoms with van der Waals surface area (Å²) in [5.74, 6) is 0.200. The van der Waals surface area contributed by atoms with E-state index in [9.17, 15) is 0 Å². The van der Waals surface area contributed by atoms with Crippen molar-refractivity contribution in [3.63, 3.8) is 0 Å². The third-order valence-electron chi connectivity index (χ3n) is 5.59. The van der Waals surface area contributed by atoms with Crippen LogP contribution in [0.15, 0.2) is 0 Å². The van der Waals surface area contributed by atoms with Gasteiger partial charge in [-0.3, -0.25) is 0 Å². The second-order valence-corrected chi connectivity index (χ2v) is 21.7. The second kappa shape index (κ2) is 20.2. The summed E-state index contributed by atoms with van der Waals surface area (Å²) in [7, 11) is 7.50. The van der Waals surface area contributed by atoms with E-state index < -0.39 is 16.6 Å². The lowest BCUT2D eigenvalue weighted by molar-refractivity contribution is -0.0445. The molecular formula is C20H52O6Si4. The molecule has 0 aromatic heterocycles. The summed E-state index contributed by atoms with van der Waals surface area (Å²) in [5.41, 5.74) is 0. The van der Waals surface area contributed by atoms with Crippen LogP contribution < -0.4 is 0 Å². The van der Waals surface area contributed by atoms with Gasteiger partial charge in [0.1, 0.15) is 11.8 Å². The van der Waals surface area contributed by atoms with Crippen molar-refractivity contribution in [1.82, 2.24) is 0 Å². The van der Waals surface area contributed by atoms with Crippen LogP contribution >= 0.6 is 0 Å². The Morgan fingerprint density at radius 3 is 1.07 bits per heavy atom. The maximum atomic E-state index is 5.52. The Morgan fingerprint density at radius 1 is 0.533 bits per heavy atom. The zero-order chi connectivity index (χ0) is 23.5. The van der Waals surface area contributed by atoms with Gasteiger partial charge in [0.15, 0.2) is 16.6 Å². The van der Waals surface area contributed by atoms with Gasteiger partial charge in [0.25, 0.3) is 0 Å². The molecule has 0 bridgehead atoms. The molecule has 0 heterocycles. The predicted molar refractivity (Wildman–Crippen MR) is 139 cm³/mol. The van der Waals surface area contributed by atoms with E-state index in [1.165, 1.54) is 49.9 Å². The highest BCUT2D eigenvalue weighted by atomic mass is 28.4. The third-order valence-corrected chi connectivity index (χ3v) is 15.0. The first kappa shape index (κ1) is 32.8. The van der Waals surface area contributed by atoms with Gasteiger partial charge in [-0.15, -0.1) is 0 Å². The summed E-state index contributed by atoms with van der Waals surface area (Å²) in [6.07, 6.45) is 5.19. The fraction of sp³-hybridized carbons (Fsp3) is 1.00. The van der Waals surface area contributed by atoms with Crippen molar-refractivity contribution in [3.05, 3.63) is 0 Å². The lowest BCUT2D eigenvalue weighted by atomic mass is 10.4. The minimum absolute atomic E-state index is 0.0999. The van der Waals surface area contributed by atoms with Gasteiger partial charge in [-0.25, -0.2) is 0 Å². The molecule has 0 saturated heterocycles. The highest BCUT2D eigenvalue weighted by Crippen LogP contribution is 2.19. The monoisotopic (exact) mass is 500 g/mol. The summed E-state index contributed by atoms with van der Waals surface area (Å²) in [6.45, 7) is 9.13. The number of rotatable bonds is 18. The zero-order valence-electron chi connectivity index (χ0n) is 21.7. The molecule has 184 valence electrons. The first-order chi connectivity index (χ1) is 14.1. The normalized spacial score (nSPS) is 13.2. The van der Waals surface area contributed by atoms with Gasteiger partial charge < -0.3 is 27.8 Å². The summed E-state index contributed by atoms with van der Waals surface area (Å²) >= 11 is 0. The molecule has 0 aromatic rings. The predicted octanol–water partition coefficient (Wildman–Crippen LogP) is 3.56. The van der Waals surface area contributed by atoms with Crippen molar-refractivity contribution in [3.8, 4) is 0 Å². The fourth-order valence-electron chi connectivity index (χ4n) is 2.94. The maximum Gasteiger partial charge on any atom is 0.186 e. The van der Waals surface area contributed by atoms with Crippen molar-refractivity contribution >= 4 is 35.7 Å². The first-order valence-corrected chi connectivity index (χ1v) is 21.2. The molecule has 6 nitrogen and oxygen atoms in total. The molecule has 0 rings (SSSR count). The van der Waals surface area contributed by atoms with E-state index in [-0.39, 0.29) is 30.9 Å². The largest absolute Gasteiger partial charge is 0.420 e. The maximum absolute atomic E-state index is 5.52. The van der Waals surface area contributed by atoms with Crippen molar-refractivity contribution in [1.29, 1.82) is 0 Å². The van der Waals surface area contributed by atoms with Gasteiger partial charge in [-0.2, -0.15) is 0 Å². The Balaban J connectivity index is 0. The van der Waals surface area contributed by atoms with E-state index >= 15 is 0 Å². The molecule has 0 aliphatic heterocycles. The third kappa shape index (κ3) is 20.5. The van der Waals surface area contributed by atoms with Crippen LogP contribution in [0.2, 0.25) is 50.4 Å². The van der Waals surface area contributed by atoms with E-state index in [2.05, 4.69) is 26.2 Å². The second-order valence-electron chi connectivity index (χ2n) is 8.93. The number of hydrogen-bond acceptors (Lipinski definition) is 6. The number of hydrogen-bond donors (Lipinski definition) is 0. The molecular weight excluding hydrogens is 449 g/mol. The molecule has 30 heavy (non-hydrogen) atoms. The van der Waals surface area contributed by atoms with Gasteiger partial charge in [-0.1, -0.05) is 37.8 Å². The van der Waals surface area contributed by atoms with Crippen LogP contribution in [0.4, 0.5) is 0 Å². The molecule has 0 atom stereocenters.